The number of piperazine rings is 1. The number of aromatic amines is 1. The Morgan fingerprint density at radius 3 is 3.00 bits per heavy atom. The van der Waals surface area contributed by atoms with Crippen LogP contribution in [-0.4, -0.2) is 54.4 Å². The standard InChI is InChI=1S/C18H24N4O2/c1-19-18(24)16-12-20-9-10-22(16)17(23)8-4-5-13-11-21-15-7-3-2-6-14(13)15/h2-3,6-7,11,16,20-21H,4-5,8-10,12H2,1H3,(H,19,24). The van der Waals surface area contributed by atoms with Crippen LogP contribution in [0.15, 0.2) is 30.5 Å². The molecule has 3 N–H and O–H groups in total. The first-order valence-electron chi connectivity index (χ1n) is 8.47. The van der Waals surface area contributed by atoms with Gasteiger partial charge in [0.05, 0.1) is 0 Å². The SMILES string of the molecule is CNC(=O)C1CNCCN1C(=O)CCCc1c[nH]c2ccccc12. The molecule has 0 radical (unpaired) electrons. The summed E-state index contributed by atoms with van der Waals surface area (Å²) in [5, 5.41) is 7.03. The topological polar surface area (TPSA) is 77.2 Å². The van der Waals surface area contributed by atoms with Gasteiger partial charge in [-0.05, 0) is 24.5 Å². The average molecular weight is 328 g/mol. The highest BCUT2D eigenvalue weighted by atomic mass is 16.2. The number of hydrogen-bond acceptors (Lipinski definition) is 3. The van der Waals surface area contributed by atoms with E-state index in [9.17, 15) is 9.59 Å². The molecule has 1 aliphatic heterocycles. The highest BCUT2D eigenvalue weighted by Crippen LogP contribution is 2.20. The number of nitrogens with zero attached hydrogens (tertiary/aromatic N) is 1. The lowest BCUT2D eigenvalue weighted by Crippen LogP contribution is -2.59. The van der Waals surface area contributed by atoms with Gasteiger partial charge >= 0.3 is 0 Å². The Hall–Kier alpha value is -2.34. The van der Waals surface area contributed by atoms with Crippen LogP contribution in [0.1, 0.15) is 18.4 Å². The first kappa shape index (κ1) is 16.5. The van der Waals surface area contributed by atoms with Crippen molar-refractivity contribution in [1.29, 1.82) is 0 Å². The average Bonchev–Trinajstić information content (AvgIpc) is 3.04. The van der Waals surface area contributed by atoms with Crippen LogP contribution in [0.25, 0.3) is 10.9 Å². The van der Waals surface area contributed by atoms with Gasteiger partial charge in [-0.1, -0.05) is 18.2 Å². The minimum absolute atomic E-state index is 0.0601. The molecule has 2 heterocycles. The minimum Gasteiger partial charge on any atom is -0.361 e. The predicted molar refractivity (Wildman–Crippen MR) is 93.7 cm³/mol. The third-order valence-electron chi connectivity index (χ3n) is 4.62. The molecule has 6 nitrogen and oxygen atoms in total. The number of para-hydroxylation sites is 1. The number of aryl methyl sites for hydroxylation is 1. The second-order valence-electron chi connectivity index (χ2n) is 6.13. The molecule has 2 amide bonds. The maximum Gasteiger partial charge on any atom is 0.243 e. The van der Waals surface area contributed by atoms with Gasteiger partial charge < -0.3 is 20.5 Å². The molecule has 1 saturated heterocycles. The fourth-order valence-corrected chi connectivity index (χ4v) is 3.32. The number of likely N-dealkylation sites (N-methyl/N-ethyl adjacent to an activating group) is 1. The zero-order chi connectivity index (χ0) is 16.9. The minimum atomic E-state index is -0.399. The molecule has 24 heavy (non-hydrogen) atoms. The van der Waals surface area contributed by atoms with Crippen molar-refractivity contribution >= 4 is 22.7 Å². The second-order valence-corrected chi connectivity index (χ2v) is 6.13. The largest absolute Gasteiger partial charge is 0.361 e. The maximum absolute atomic E-state index is 12.5. The number of rotatable bonds is 5. The van der Waals surface area contributed by atoms with E-state index in [1.54, 1.807) is 11.9 Å². The van der Waals surface area contributed by atoms with E-state index < -0.39 is 6.04 Å². The van der Waals surface area contributed by atoms with Gasteiger partial charge in [0.1, 0.15) is 6.04 Å². The van der Waals surface area contributed by atoms with Crippen molar-refractivity contribution < 1.29 is 9.59 Å². The Bertz CT molecular complexity index is 725. The number of aromatic nitrogens is 1. The summed E-state index contributed by atoms with van der Waals surface area (Å²) in [4.78, 5) is 29.4. The van der Waals surface area contributed by atoms with Crippen LogP contribution < -0.4 is 10.6 Å². The van der Waals surface area contributed by atoms with E-state index in [1.807, 2.05) is 18.3 Å². The summed E-state index contributed by atoms with van der Waals surface area (Å²) in [6.07, 6.45) is 4.12. The first-order chi connectivity index (χ1) is 11.7. The van der Waals surface area contributed by atoms with Gasteiger partial charge in [0, 0.05) is 50.2 Å². The van der Waals surface area contributed by atoms with Crippen LogP contribution in [0.3, 0.4) is 0 Å². The van der Waals surface area contributed by atoms with Gasteiger partial charge in [-0.3, -0.25) is 9.59 Å². The summed E-state index contributed by atoms with van der Waals surface area (Å²) in [6.45, 7) is 1.85. The van der Waals surface area contributed by atoms with Gasteiger partial charge in [-0.2, -0.15) is 0 Å². The van der Waals surface area contributed by atoms with Gasteiger partial charge in [0.15, 0.2) is 0 Å². The number of H-pyrrole nitrogens is 1. The summed E-state index contributed by atoms with van der Waals surface area (Å²) < 4.78 is 0. The van der Waals surface area contributed by atoms with E-state index in [0.717, 1.165) is 24.9 Å². The Balaban J connectivity index is 1.57. The van der Waals surface area contributed by atoms with Crippen molar-refractivity contribution in [3.05, 3.63) is 36.0 Å². The number of hydrogen-bond donors (Lipinski definition) is 3. The van der Waals surface area contributed by atoms with Gasteiger partial charge in [0.2, 0.25) is 11.8 Å². The number of fused-ring (bicyclic) bond motifs is 1. The third kappa shape index (κ3) is 3.43. The highest BCUT2D eigenvalue weighted by Gasteiger charge is 2.30. The Morgan fingerprint density at radius 1 is 1.33 bits per heavy atom. The maximum atomic E-state index is 12.5. The molecule has 1 unspecified atom stereocenters. The van der Waals surface area contributed by atoms with Crippen LogP contribution >= 0.6 is 0 Å². The summed E-state index contributed by atoms with van der Waals surface area (Å²) in [6, 6.07) is 7.79. The molecule has 6 heteroatoms. The van der Waals surface area contributed by atoms with Crippen LogP contribution in [0.5, 0.6) is 0 Å². The van der Waals surface area contributed by atoms with Crippen molar-refractivity contribution in [2.75, 3.05) is 26.7 Å². The quantitative estimate of drug-likeness (QED) is 0.767. The summed E-state index contributed by atoms with van der Waals surface area (Å²) in [5.74, 6) is -0.0443. The molecule has 2 aromatic rings. The fourth-order valence-electron chi connectivity index (χ4n) is 3.32. The summed E-state index contributed by atoms with van der Waals surface area (Å²) >= 11 is 0. The molecule has 1 atom stereocenters. The highest BCUT2D eigenvalue weighted by molar-refractivity contribution is 5.88. The van der Waals surface area contributed by atoms with E-state index in [1.165, 1.54) is 10.9 Å². The molecule has 0 aliphatic carbocycles. The number of amides is 2. The third-order valence-corrected chi connectivity index (χ3v) is 4.62. The number of benzene rings is 1. The number of carbonyl (C=O) groups is 2. The molecule has 1 aromatic heterocycles. The van der Waals surface area contributed by atoms with Crippen LogP contribution in [0, 0.1) is 0 Å². The second kappa shape index (κ2) is 7.49. The number of carbonyl (C=O) groups excluding carboxylic acids is 2. The Morgan fingerprint density at radius 2 is 2.17 bits per heavy atom. The molecule has 1 aromatic carbocycles. The number of nitrogens with one attached hydrogen (secondary N) is 3. The van der Waals surface area contributed by atoms with E-state index in [-0.39, 0.29) is 11.8 Å². The van der Waals surface area contributed by atoms with Crippen LogP contribution in [0.2, 0.25) is 0 Å². The van der Waals surface area contributed by atoms with E-state index in [2.05, 4.69) is 27.8 Å². The smallest absolute Gasteiger partial charge is 0.243 e. The van der Waals surface area contributed by atoms with E-state index >= 15 is 0 Å². The Kier molecular flexibility index (Phi) is 5.15. The lowest BCUT2D eigenvalue weighted by atomic mass is 10.1. The van der Waals surface area contributed by atoms with Crippen molar-refractivity contribution in [3.63, 3.8) is 0 Å². The zero-order valence-electron chi connectivity index (χ0n) is 14.0. The molecule has 0 spiro atoms. The zero-order valence-corrected chi connectivity index (χ0v) is 14.0. The molecule has 1 aliphatic rings. The summed E-state index contributed by atoms with van der Waals surface area (Å²) in [7, 11) is 1.61. The molecule has 0 saturated carbocycles. The molecular weight excluding hydrogens is 304 g/mol. The predicted octanol–water partition coefficient (Wildman–Crippen LogP) is 1.04. The molecule has 0 bridgehead atoms. The monoisotopic (exact) mass is 328 g/mol. The van der Waals surface area contributed by atoms with Crippen molar-refractivity contribution in [3.8, 4) is 0 Å². The van der Waals surface area contributed by atoms with Gasteiger partial charge in [0.25, 0.3) is 0 Å². The van der Waals surface area contributed by atoms with Gasteiger partial charge in [-0.15, -0.1) is 0 Å². The van der Waals surface area contributed by atoms with Crippen LogP contribution in [-0.2, 0) is 16.0 Å². The van der Waals surface area contributed by atoms with E-state index in [4.69, 9.17) is 0 Å². The Labute approximate surface area is 141 Å². The molecular formula is C18H24N4O2. The summed E-state index contributed by atoms with van der Waals surface area (Å²) in [5.41, 5.74) is 2.36. The van der Waals surface area contributed by atoms with Crippen LogP contribution in [0.4, 0.5) is 0 Å². The lowest BCUT2D eigenvalue weighted by molar-refractivity contribution is -0.141. The van der Waals surface area contributed by atoms with Crippen molar-refractivity contribution in [2.24, 2.45) is 0 Å². The lowest BCUT2D eigenvalue weighted by Gasteiger charge is -2.35. The fraction of sp³-hybridized carbons (Fsp3) is 0.444. The normalized spacial score (nSPS) is 17.9. The van der Waals surface area contributed by atoms with Crippen molar-refractivity contribution in [2.45, 2.75) is 25.3 Å². The van der Waals surface area contributed by atoms with Crippen molar-refractivity contribution in [1.82, 2.24) is 20.5 Å². The first-order valence-corrected chi connectivity index (χ1v) is 8.47. The molecule has 3 rings (SSSR count). The van der Waals surface area contributed by atoms with E-state index in [0.29, 0.717) is 19.5 Å². The van der Waals surface area contributed by atoms with Gasteiger partial charge in [-0.25, -0.2) is 0 Å². The molecule has 128 valence electrons. The molecule has 1 fully saturated rings.